The molecule has 8 heteroatoms. The first-order chi connectivity index (χ1) is 12.7. The molecule has 144 valence electrons. The van der Waals surface area contributed by atoms with Crippen LogP contribution in [0.15, 0.2) is 24.3 Å². The number of benzene rings is 1. The molecule has 1 aromatic carbocycles. The molecule has 2 aliphatic rings. The summed E-state index contributed by atoms with van der Waals surface area (Å²) in [5.74, 6) is -0.309. The fourth-order valence-corrected chi connectivity index (χ4v) is 3.64. The lowest BCUT2D eigenvalue weighted by atomic mass is 10.1. The number of rotatable bonds is 3. The maximum Gasteiger partial charge on any atom is 0.276 e. The van der Waals surface area contributed by atoms with Crippen LogP contribution in [0.1, 0.15) is 51.4 Å². The molecule has 3 N–H and O–H groups in total. The number of nitrogens with zero attached hydrogens (tertiary/aromatic N) is 2. The minimum Gasteiger partial charge on any atom is -0.339 e. The van der Waals surface area contributed by atoms with Crippen molar-refractivity contribution in [1.82, 2.24) is 20.4 Å². The largest absolute Gasteiger partial charge is 0.339 e. The van der Waals surface area contributed by atoms with Crippen LogP contribution in [0.25, 0.3) is 0 Å². The third-order valence-corrected chi connectivity index (χ3v) is 5.07. The average molecular weight is 390 g/mol. The number of carbonyl (C=O) groups is 2. The second kappa shape index (κ2) is 8.54. The molecule has 0 unspecified atom stereocenters. The number of likely N-dealkylation sites (tertiary alicyclic amines) is 1. The first-order valence-electron chi connectivity index (χ1n) is 9.20. The molecular weight excluding hydrogens is 366 g/mol. The number of hydrogen-bond donors (Lipinski definition) is 3. The Morgan fingerprint density at radius 2 is 1.89 bits per heavy atom. The SMILES string of the molecule is Cl.O=C(Nc1ccccc1C(=O)N1CCCCC1)c1n[nH]c2c1CNCC2. The second-order valence-corrected chi connectivity index (χ2v) is 6.81. The maximum absolute atomic E-state index is 12.9. The summed E-state index contributed by atoms with van der Waals surface area (Å²) in [6.45, 7) is 3.06. The Kier molecular flexibility index (Phi) is 6.13. The molecule has 27 heavy (non-hydrogen) atoms. The Hall–Kier alpha value is -2.38. The van der Waals surface area contributed by atoms with Gasteiger partial charge in [-0.25, -0.2) is 0 Å². The van der Waals surface area contributed by atoms with Crippen LogP contribution < -0.4 is 10.6 Å². The minimum atomic E-state index is -0.287. The van der Waals surface area contributed by atoms with Crippen molar-refractivity contribution in [1.29, 1.82) is 0 Å². The van der Waals surface area contributed by atoms with E-state index in [4.69, 9.17) is 0 Å². The Bertz CT molecular complexity index is 829. The average Bonchev–Trinajstić information content (AvgIpc) is 3.13. The van der Waals surface area contributed by atoms with Gasteiger partial charge in [0.1, 0.15) is 0 Å². The van der Waals surface area contributed by atoms with Gasteiger partial charge in [-0.05, 0) is 31.4 Å². The Morgan fingerprint density at radius 1 is 1.11 bits per heavy atom. The molecule has 1 fully saturated rings. The van der Waals surface area contributed by atoms with Crippen molar-refractivity contribution < 1.29 is 9.59 Å². The van der Waals surface area contributed by atoms with E-state index in [-0.39, 0.29) is 24.2 Å². The lowest BCUT2D eigenvalue weighted by molar-refractivity contribution is 0.0725. The fraction of sp³-hybridized carbons (Fsp3) is 0.421. The van der Waals surface area contributed by atoms with E-state index < -0.39 is 0 Å². The molecule has 2 aromatic rings. The molecular formula is C19H24ClN5O2. The third-order valence-electron chi connectivity index (χ3n) is 5.07. The Labute approximate surface area is 164 Å². The molecule has 3 heterocycles. The van der Waals surface area contributed by atoms with Gasteiger partial charge in [-0.2, -0.15) is 5.10 Å². The van der Waals surface area contributed by atoms with Crippen LogP contribution in [-0.2, 0) is 13.0 Å². The highest BCUT2D eigenvalue weighted by atomic mass is 35.5. The summed E-state index contributed by atoms with van der Waals surface area (Å²) >= 11 is 0. The molecule has 1 aromatic heterocycles. The molecule has 2 amide bonds. The normalized spacial score (nSPS) is 16.2. The van der Waals surface area contributed by atoms with Crippen LogP contribution in [-0.4, -0.2) is 46.5 Å². The van der Waals surface area contributed by atoms with Crippen molar-refractivity contribution in [2.24, 2.45) is 0 Å². The second-order valence-electron chi connectivity index (χ2n) is 6.81. The van der Waals surface area contributed by atoms with E-state index in [1.54, 1.807) is 12.1 Å². The van der Waals surface area contributed by atoms with Gasteiger partial charge in [0.05, 0.1) is 11.3 Å². The number of aromatic amines is 1. The number of piperidine rings is 1. The standard InChI is InChI=1S/C19H23N5O2.ClH/c25-18(17-14-12-20-9-8-16(14)22-23-17)21-15-7-3-2-6-13(15)19(26)24-10-4-1-5-11-24;/h2-3,6-7,20H,1,4-5,8-12H2,(H,21,25)(H,22,23);1H. The zero-order valence-electron chi connectivity index (χ0n) is 15.1. The first-order valence-corrected chi connectivity index (χ1v) is 9.20. The summed E-state index contributed by atoms with van der Waals surface area (Å²) in [4.78, 5) is 27.5. The molecule has 0 spiro atoms. The molecule has 2 aliphatic heterocycles. The number of nitrogens with one attached hydrogen (secondary N) is 3. The van der Waals surface area contributed by atoms with Gasteiger partial charge in [-0.1, -0.05) is 12.1 Å². The molecule has 7 nitrogen and oxygen atoms in total. The van der Waals surface area contributed by atoms with Crippen LogP contribution in [0, 0.1) is 0 Å². The lowest BCUT2D eigenvalue weighted by Gasteiger charge is -2.27. The van der Waals surface area contributed by atoms with Crippen LogP contribution >= 0.6 is 12.4 Å². The molecule has 0 aliphatic carbocycles. The van der Waals surface area contributed by atoms with E-state index in [1.807, 2.05) is 17.0 Å². The van der Waals surface area contributed by atoms with Gasteiger partial charge in [-0.15, -0.1) is 12.4 Å². The lowest BCUT2D eigenvalue weighted by Crippen LogP contribution is -2.36. The summed E-state index contributed by atoms with van der Waals surface area (Å²) in [6, 6.07) is 7.19. The van der Waals surface area contributed by atoms with Gasteiger partial charge in [0, 0.05) is 43.9 Å². The first kappa shape index (κ1) is 19.4. The number of para-hydroxylation sites is 1. The predicted octanol–water partition coefficient (Wildman–Crippen LogP) is 2.36. The topological polar surface area (TPSA) is 90.1 Å². The van der Waals surface area contributed by atoms with E-state index in [9.17, 15) is 9.59 Å². The molecule has 4 rings (SSSR count). The predicted molar refractivity (Wildman–Crippen MR) is 105 cm³/mol. The molecule has 0 saturated carbocycles. The van der Waals surface area contributed by atoms with Gasteiger partial charge in [0.2, 0.25) is 0 Å². The number of carbonyl (C=O) groups excluding carboxylic acids is 2. The number of H-pyrrole nitrogens is 1. The summed E-state index contributed by atoms with van der Waals surface area (Å²) in [5, 5.41) is 13.3. The highest BCUT2D eigenvalue weighted by Gasteiger charge is 2.24. The number of hydrogen-bond acceptors (Lipinski definition) is 4. The van der Waals surface area contributed by atoms with Crippen molar-refractivity contribution in [3.05, 3.63) is 46.8 Å². The molecule has 1 saturated heterocycles. The number of halogens is 1. The number of aromatic nitrogens is 2. The summed E-state index contributed by atoms with van der Waals surface area (Å²) < 4.78 is 0. The van der Waals surface area contributed by atoms with Crippen molar-refractivity contribution in [3.8, 4) is 0 Å². The monoisotopic (exact) mass is 389 g/mol. The van der Waals surface area contributed by atoms with Gasteiger partial charge in [0.25, 0.3) is 11.8 Å². The van der Waals surface area contributed by atoms with Gasteiger partial charge < -0.3 is 15.5 Å². The molecule has 0 bridgehead atoms. The summed E-state index contributed by atoms with van der Waals surface area (Å²) in [5.41, 5.74) is 3.38. The maximum atomic E-state index is 12.9. The van der Waals surface area contributed by atoms with E-state index in [1.165, 1.54) is 6.42 Å². The van der Waals surface area contributed by atoms with E-state index in [0.29, 0.717) is 23.5 Å². The summed E-state index contributed by atoms with van der Waals surface area (Å²) in [7, 11) is 0. The van der Waals surface area contributed by atoms with Crippen LogP contribution in [0.4, 0.5) is 5.69 Å². The van der Waals surface area contributed by atoms with Crippen LogP contribution in [0.5, 0.6) is 0 Å². The Morgan fingerprint density at radius 3 is 2.70 bits per heavy atom. The van der Waals surface area contributed by atoms with Crippen molar-refractivity contribution in [3.63, 3.8) is 0 Å². The van der Waals surface area contributed by atoms with Gasteiger partial charge >= 0.3 is 0 Å². The molecule has 0 radical (unpaired) electrons. The number of anilines is 1. The molecule has 0 atom stereocenters. The number of fused-ring (bicyclic) bond motifs is 1. The zero-order chi connectivity index (χ0) is 17.9. The van der Waals surface area contributed by atoms with Gasteiger partial charge in [0.15, 0.2) is 5.69 Å². The quantitative estimate of drug-likeness (QED) is 0.751. The van der Waals surface area contributed by atoms with E-state index in [0.717, 1.165) is 50.2 Å². The number of amides is 2. The smallest absolute Gasteiger partial charge is 0.276 e. The zero-order valence-corrected chi connectivity index (χ0v) is 15.9. The highest BCUT2D eigenvalue weighted by molar-refractivity contribution is 6.08. The minimum absolute atomic E-state index is 0. The van der Waals surface area contributed by atoms with Crippen LogP contribution in [0.2, 0.25) is 0 Å². The van der Waals surface area contributed by atoms with Gasteiger partial charge in [-0.3, -0.25) is 14.7 Å². The summed E-state index contributed by atoms with van der Waals surface area (Å²) in [6.07, 6.45) is 4.07. The Balaban J connectivity index is 0.00000210. The van der Waals surface area contributed by atoms with E-state index >= 15 is 0 Å². The highest BCUT2D eigenvalue weighted by Crippen LogP contribution is 2.22. The fourth-order valence-electron chi connectivity index (χ4n) is 3.64. The third kappa shape index (κ3) is 3.99. The van der Waals surface area contributed by atoms with Crippen molar-refractivity contribution in [2.45, 2.75) is 32.2 Å². The van der Waals surface area contributed by atoms with Crippen molar-refractivity contribution in [2.75, 3.05) is 25.0 Å². The van der Waals surface area contributed by atoms with Crippen molar-refractivity contribution >= 4 is 29.9 Å². The van der Waals surface area contributed by atoms with Crippen LogP contribution in [0.3, 0.4) is 0 Å². The van der Waals surface area contributed by atoms with E-state index in [2.05, 4.69) is 20.8 Å².